The number of primary amides is 1. The minimum absolute atomic E-state index is 0. The smallest absolute Gasteiger partial charge is 0.545 e. The number of rotatable bonds is 3. The molecule has 2 amide bonds. The Labute approximate surface area is 146 Å². The zero-order valence-electron chi connectivity index (χ0n) is 9.85. The summed E-state index contributed by atoms with van der Waals surface area (Å²) in [4.78, 5) is 31.7. The number of amides is 2. The molecule has 0 saturated heterocycles. The molecule has 1 aromatic rings. The Bertz CT molecular complexity index is 478. The van der Waals surface area contributed by atoms with Gasteiger partial charge in [-0.2, -0.15) is 0 Å². The van der Waals surface area contributed by atoms with E-state index in [4.69, 9.17) is 5.73 Å². The molecule has 7 nitrogen and oxygen atoms in total. The summed E-state index contributed by atoms with van der Waals surface area (Å²) in [6.07, 6.45) is 0. The number of nitrogens with one attached hydrogen (secondary N) is 1. The van der Waals surface area contributed by atoms with Crippen molar-refractivity contribution in [2.45, 2.75) is 0 Å². The van der Waals surface area contributed by atoms with Crippen LogP contribution < -0.4 is 80.4 Å². The maximum atomic E-state index is 10.6. The van der Waals surface area contributed by atoms with Gasteiger partial charge in [-0.25, -0.2) is 4.79 Å². The Hall–Kier alpha value is -0.570. The number of aromatic carboxylic acids is 2. The van der Waals surface area contributed by atoms with Crippen molar-refractivity contribution in [1.29, 1.82) is 0 Å². The van der Waals surface area contributed by atoms with Crippen LogP contribution in [-0.4, -0.2) is 18.0 Å². The van der Waals surface area contributed by atoms with Gasteiger partial charge in [0.25, 0.3) is 0 Å². The number of carboxylic acid groups (broad SMARTS) is 2. The van der Waals surface area contributed by atoms with Crippen LogP contribution in [0, 0.1) is 0 Å². The second kappa shape index (κ2) is 8.52. The van der Waals surface area contributed by atoms with Crippen molar-refractivity contribution in [2.75, 3.05) is 5.32 Å². The maximum absolute atomic E-state index is 10.6. The van der Waals surface area contributed by atoms with E-state index in [0.717, 1.165) is 18.2 Å². The molecule has 9 heteroatoms. The van der Waals surface area contributed by atoms with Crippen LogP contribution in [0.3, 0.4) is 0 Å². The molecule has 0 aliphatic rings. The van der Waals surface area contributed by atoms with Gasteiger partial charge in [0.1, 0.15) is 0 Å². The van der Waals surface area contributed by atoms with Crippen molar-refractivity contribution in [3.05, 3.63) is 29.3 Å². The monoisotopic (exact) mass is 268 g/mol. The molecule has 1 rings (SSSR count). The molecular weight excluding hydrogens is 262 g/mol. The van der Waals surface area contributed by atoms with Crippen molar-refractivity contribution >= 4 is 23.7 Å². The molecule has 0 aliphatic heterocycles. The average molecular weight is 268 g/mol. The van der Waals surface area contributed by atoms with E-state index in [2.05, 4.69) is 0 Å². The summed E-state index contributed by atoms with van der Waals surface area (Å²) in [5.74, 6) is -3.06. The fourth-order valence-electron chi connectivity index (χ4n) is 1.09. The van der Waals surface area contributed by atoms with E-state index in [1.165, 1.54) is 0 Å². The van der Waals surface area contributed by atoms with E-state index in [9.17, 15) is 24.6 Å². The van der Waals surface area contributed by atoms with Crippen LogP contribution in [0.4, 0.5) is 10.5 Å². The molecule has 1 aromatic carbocycles. The van der Waals surface area contributed by atoms with Gasteiger partial charge in [0, 0.05) is 5.56 Å². The summed E-state index contributed by atoms with van der Waals surface area (Å²) in [7, 11) is 0. The molecule has 0 atom stereocenters. The molecule has 0 saturated carbocycles. The van der Waals surface area contributed by atoms with E-state index in [0.29, 0.717) is 0 Å². The molecule has 84 valence electrons. The minimum atomic E-state index is -1.56. The van der Waals surface area contributed by atoms with Crippen LogP contribution in [-0.2, 0) is 0 Å². The largest absolute Gasteiger partial charge is 1.00 e. The summed E-state index contributed by atoms with van der Waals surface area (Å²) in [6.45, 7) is 0. The predicted molar refractivity (Wildman–Crippen MR) is 48.3 cm³/mol. The molecular formula is C9H6N2Na2O5. The molecule has 0 bridgehead atoms. The van der Waals surface area contributed by atoms with Crippen molar-refractivity contribution < 1.29 is 83.7 Å². The number of carboxylic acids is 2. The van der Waals surface area contributed by atoms with Crippen molar-refractivity contribution in [3.8, 4) is 0 Å². The third-order valence-corrected chi connectivity index (χ3v) is 1.73. The van der Waals surface area contributed by atoms with Gasteiger partial charge in [-0.05, 0) is 11.6 Å². The Kier molecular flexibility index (Phi) is 9.35. The number of hydrogen-bond donors (Lipinski definition) is 2. The predicted octanol–water partition coefficient (Wildman–Crippen LogP) is -8.09. The summed E-state index contributed by atoms with van der Waals surface area (Å²) in [6, 6.07) is 1.90. The molecule has 0 radical (unpaired) electrons. The van der Waals surface area contributed by atoms with Crippen LogP contribution in [0.15, 0.2) is 18.2 Å². The third-order valence-electron chi connectivity index (χ3n) is 1.73. The second-order valence-electron chi connectivity index (χ2n) is 2.82. The Morgan fingerprint density at radius 3 is 2.00 bits per heavy atom. The van der Waals surface area contributed by atoms with Crippen LogP contribution in [0.25, 0.3) is 0 Å². The topological polar surface area (TPSA) is 135 Å². The summed E-state index contributed by atoms with van der Waals surface area (Å²) in [5, 5.41) is 23.1. The van der Waals surface area contributed by atoms with Gasteiger partial charge in [-0.3, -0.25) is 0 Å². The first-order valence-electron chi connectivity index (χ1n) is 4.05. The van der Waals surface area contributed by atoms with E-state index in [-0.39, 0.29) is 75.9 Å². The molecule has 0 aliphatic carbocycles. The molecule has 0 spiro atoms. The van der Waals surface area contributed by atoms with E-state index in [1.54, 1.807) is 0 Å². The van der Waals surface area contributed by atoms with Gasteiger partial charge in [-0.1, -0.05) is 12.1 Å². The number of carbonyl (C=O) groups excluding carboxylic acids is 3. The molecule has 0 aromatic heterocycles. The van der Waals surface area contributed by atoms with E-state index < -0.39 is 18.0 Å². The quantitative estimate of drug-likeness (QED) is 0.525. The maximum Gasteiger partial charge on any atom is 1.00 e. The van der Waals surface area contributed by atoms with Gasteiger partial charge in [0.2, 0.25) is 0 Å². The number of anilines is 1. The Balaban J connectivity index is 0. The SMILES string of the molecule is NC(=O)Nc1cc(C(=O)[O-])ccc1C(=O)[O-].[Na+].[Na+]. The van der Waals surface area contributed by atoms with Crippen LogP contribution >= 0.6 is 0 Å². The fraction of sp³-hybridized carbons (Fsp3) is 0. The minimum Gasteiger partial charge on any atom is -0.545 e. The number of nitrogens with two attached hydrogens (primary N) is 1. The second-order valence-corrected chi connectivity index (χ2v) is 2.82. The molecule has 3 N–H and O–H groups in total. The summed E-state index contributed by atoms with van der Waals surface area (Å²) >= 11 is 0. The standard InChI is InChI=1S/C9H8N2O5.2Na/c10-9(16)11-6-3-4(7(12)13)1-2-5(6)8(14)15;;/h1-3H,(H,12,13)(H,14,15)(H3,10,11,16);;/q;2*+1/p-2. The summed E-state index contributed by atoms with van der Waals surface area (Å²) < 4.78 is 0. The van der Waals surface area contributed by atoms with Crippen molar-refractivity contribution in [3.63, 3.8) is 0 Å². The van der Waals surface area contributed by atoms with Gasteiger partial charge < -0.3 is 30.9 Å². The third kappa shape index (κ3) is 5.38. The first-order chi connectivity index (χ1) is 7.41. The first-order valence-corrected chi connectivity index (χ1v) is 4.05. The van der Waals surface area contributed by atoms with Gasteiger partial charge >= 0.3 is 65.1 Å². The normalized spacial score (nSPS) is 8.44. The van der Waals surface area contributed by atoms with Gasteiger partial charge in [0.15, 0.2) is 0 Å². The van der Waals surface area contributed by atoms with E-state index in [1.807, 2.05) is 5.32 Å². The molecule has 0 unspecified atom stereocenters. The molecule has 0 fully saturated rings. The van der Waals surface area contributed by atoms with Crippen LogP contribution in [0.5, 0.6) is 0 Å². The zero-order valence-corrected chi connectivity index (χ0v) is 13.9. The average Bonchev–Trinajstić information content (AvgIpc) is 2.15. The number of benzene rings is 1. The zero-order chi connectivity index (χ0) is 12.3. The fourth-order valence-corrected chi connectivity index (χ4v) is 1.09. The van der Waals surface area contributed by atoms with Crippen LogP contribution in [0.1, 0.15) is 20.7 Å². The van der Waals surface area contributed by atoms with Crippen molar-refractivity contribution in [2.24, 2.45) is 5.73 Å². The Morgan fingerprint density at radius 1 is 1.06 bits per heavy atom. The van der Waals surface area contributed by atoms with E-state index >= 15 is 0 Å². The van der Waals surface area contributed by atoms with Gasteiger partial charge in [0.05, 0.1) is 17.6 Å². The first kappa shape index (κ1) is 19.8. The van der Waals surface area contributed by atoms with Gasteiger partial charge in [-0.15, -0.1) is 0 Å². The van der Waals surface area contributed by atoms with Crippen molar-refractivity contribution in [1.82, 2.24) is 0 Å². The number of urea groups is 1. The number of carbonyl (C=O) groups is 3. The molecule has 0 heterocycles. The Morgan fingerprint density at radius 2 is 1.61 bits per heavy atom. The van der Waals surface area contributed by atoms with Crippen LogP contribution in [0.2, 0.25) is 0 Å². The summed E-state index contributed by atoms with van der Waals surface area (Å²) in [5.41, 5.74) is 3.88. The molecule has 18 heavy (non-hydrogen) atoms. The number of hydrogen-bond acceptors (Lipinski definition) is 5.